The Kier molecular flexibility index (Phi) is 14.8. The number of anilines is 2. The van der Waals surface area contributed by atoms with Gasteiger partial charge >= 0.3 is 0 Å². The largest absolute Gasteiger partial charge is 0.361 e. The van der Waals surface area contributed by atoms with Crippen molar-refractivity contribution < 1.29 is 18.4 Å². The highest BCUT2D eigenvalue weighted by Crippen LogP contribution is 2.36. The number of likely N-dealkylation sites (tertiary alicyclic amines) is 2. The van der Waals surface area contributed by atoms with Gasteiger partial charge in [0.2, 0.25) is 0 Å². The highest BCUT2D eigenvalue weighted by molar-refractivity contribution is 6.06. The van der Waals surface area contributed by atoms with Crippen molar-refractivity contribution in [1.82, 2.24) is 19.8 Å². The summed E-state index contributed by atoms with van der Waals surface area (Å²) in [4.78, 5) is 37.6. The number of amides is 2. The highest BCUT2D eigenvalue weighted by Gasteiger charge is 2.24. The van der Waals surface area contributed by atoms with Crippen molar-refractivity contribution in [3.8, 4) is 0 Å². The molecule has 4 heterocycles. The number of hydrogen-bond acceptors (Lipinski definition) is 4. The predicted octanol–water partition coefficient (Wildman–Crippen LogP) is 12.4. The first-order valence-corrected chi connectivity index (χ1v) is 23.2. The van der Waals surface area contributed by atoms with Crippen molar-refractivity contribution in [3.63, 3.8) is 0 Å². The highest BCUT2D eigenvalue weighted by atomic mass is 19.1. The quantitative estimate of drug-likeness (QED) is 0.0611. The van der Waals surface area contributed by atoms with E-state index in [2.05, 4.69) is 54.9 Å². The fourth-order valence-electron chi connectivity index (χ4n) is 9.74. The molecular weight excluding hydrogens is 779 g/mol. The molecule has 0 aliphatic carbocycles. The number of aromatic nitrogens is 2. The number of rotatable bonds is 19. The van der Waals surface area contributed by atoms with Crippen LogP contribution in [0.5, 0.6) is 0 Å². The second-order valence-corrected chi connectivity index (χ2v) is 17.7. The van der Waals surface area contributed by atoms with Crippen LogP contribution in [-0.4, -0.2) is 70.9 Å². The minimum Gasteiger partial charge on any atom is -0.361 e. The van der Waals surface area contributed by atoms with Crippen LogP contribution in [0.4, 0.5) is 20.2 Å². The van der Waals surface area contributed by atoms with Gasteiger partial charge in [0.25, 0.3) is 11.8 Å². The number of piperidine rings is 2. The molecule has 2 aromatic heterocycles. The minimum absolute atomic E-state index is 0.237. The van der Waals surface area contributed by atoms with E-state index in [4.69, 9.17) is 0 Å². The number of unbranched alkanes of at least 4 members (excludes halogenated alkanes) is 9. The molecule has 2 aliphatic heterocycles. The third-order valence-corrected chi connectivity index (χ3v) is 13.4. The average molecular weight is 841 g/mol. The number of carbonyl (C=O) groups excluding carboxylic acids is 2. The molecule has 0 bridgehead atoms. The Bertz CT molecular complexity index is 2210. The Morgan fingerprint density at radius 3 is 1.23 bits per heavy atom. The van der Waals surface area contributed by atoms with Gasteiger partial charge in [-0.2, -0.15) is 0 Å². The van der Waals surface area contributed by atoms with Gasteiger partial charge in [-0.1, -0.05) is 51.4 Å². The first kappa shape index (κ1) is 43.3. The standard InChI is InChI=1S/C52H62F2N6O2/c53-41-15-11-39(12-16-41)51(61)57-43-19-21-49-45(33-43)47(35-55-49)37-23-29-59(30-24-37)27-9-7-5-3-1-2-4-6-8-10-28-60-31-25-38(26-32-60)48-36-56-50-22-20-44(34-46(48)50)58-52(62)40-13-17-42(54)18-14-40/h11-22,33-38,55-56H,1-10,23-32H2,(H,57,61)(H,58,62). The van der Waals surface area contributed by atoms with Gasteiger partial charge in [0, 0.05) is 56.7 Å². The zero-order chi connectivity index (χ0) is 42.7. The molecule has 2 fully saturated rings. The van der Waals surface area contributed by atoms with E-state index in [1.165, 1.54) is 148 Å². The summed E-state index contributed by atoms with van der Waals surface area (Å²) >= 11 is 0. The molecular formula is C52H62F2N6O2. The van der Waals surface area contributed by atoms with E-state index in [0.717, 1.165) is 74.3 Å². The third-order valence-electron chi connectivity index (χ3n) is 13.4. The second-order valence-electron chi connectivity index (χ2n) is 17.7. The second kappa shape index (κ2) is 21.2. The molecule has 0 saturated carbocycles. The first-order chi connectivity index (χ1) is 30.4. The molecule has 8 rings (SSSR count). The molecule has 0 unspecified atom stereocenters. The van der Waals surface area contributed by atoms with E-state index < -0.39 is 0 Å². The number of halogens is 2. The van der Waals surface area contributed by atoms with Crippen LogP contribution in [0, 0.1) is 11.6 Å². The molecule has 10 heteroatoms. The fraction of sp³-hybridized carbons (Fsp3) is 0.423. The smallest absolute Gasteiger partial charge is 0.255 e. The lowest BCUT2D eigenvalue weighted by Crippen LogP contribution is -2.33. The summed E-state index contributed by atoms with van der Waals surface area (Å²) in [5, 5.41) is 8.30. The van der Waals surface area contributed by atoms with Gasteiger partial charge in [-0.05, 0) is 186 Å². The Balaban J connectivity index is 0.644. The number of H-pyrrole nitrogens is 2. The predicted molar refractivity (Wildman–Crippen MR) is 248 cm³/mol. The Labute approximate surface area is 364 Å². The van der Waals surface area contributed by atoms with Crippen molar-refractivity contribution in [2.75, 3.05) is 49.9 Å². The number of aromatic amines is 2. The van der Waals surface area contributed by atoms with E-state index in [0.29, 0.717) is 23.0 Å². The third kappa shape index (κ3) is 11.4. The van der Waals surface area contributed by atoms with Gasteiger partial charge in [0.05, 0.1) is 0 Å². The lowest BCUT2D eigenvalue weighted by Gasteiger charge is -2.32. The molecule has 4 aromatic carbocycles. The van der Waals surface area contributed by atoms with Crippen LogP contribution in [0.25, 0.3) is 21.8 Å². The molecule has 62 heavy (non-hydrogen) atoms. The summed E-state index contributed by atoms with van der Waals surface area (Å²) in [6.07, 6.45) is 22.2. The zero-order valence-electron chi connectivity index (χ0n) is 36.0. The monoisotopic (exact) mass is 840 g/mol. The topological polar surface area (TPSA) is 96.3 Å². The van der Waals surface area contributed by atoms with Crippen LogP contribution in [0.15, 0.2) is 97.3 Å². The molecule has 0 atom stereocenters. The van der Waals surface area contributed by atoms with Crippen LogP contribution in [0.1, 0.15) is 134 Å². The van der Waals surface area contributed by atoms with E-state index in [-0.39, 0.29) is 23.4 Å². The van der Waals surface area contributed by atoms with E-state index in [9.17, 15) is 18.4 Å². The van der Waals surface area contributed by atoms with Crippen LogP contribution in [0.3, 0.4) is 0 Å². The van der Waals surface area contributed by atoms with Crippen LogP contribution < -0.4 is 10.6 Å². The number of hydrogen-bond donors (Lipinski definition) is 4. The Hall–Kier alpha value is -5.32. The lowest BCUT2D eigenvalue weighted by molar-refractivity contribution is 0.101. The van der Waals surface area contributed by atoms with Crippen molar-refractivity contribution in [1.29, 1.82) is 0 Å². The minimum atomic E-state index is -0.353. The van der Waals surface area contributed by atoms with Gasteiger partial charge in [-0.25, -0.2) is 8.78 Å². The number of carbonyl (C=O) groups is 2. The SMILES string of the molecule is O=C(Nc1ccc2[nH]cc(C3CCN(CCCCCCCCCCCCN4CCC(c5c[nH]c6ccc(NC(=O)c7ccc(F)cc7)cc56)CC4)CC3)c2c1)c1ccc(F)cc1. The van der Waals surface area contributed by atoms with Gasteiger partial charge < -0.3 is 30.4 Å². The molecule has 6 aromatic rings. The fourth-order valence-corrected chi connectivity index (χ4v) is 9.74. The van der Waals surface area contributed by atoms with Gasteiger partial charge in [-0.3, -0.25) is 9.59 Å². The average Bonchev–Trinajstić information content (AvgIpc) is 3.92. The molecule has 2 saturated heterocycles. The van der Waals surface area contributed by atoms with Crippen molar-refractivity contribution in [2.45, 2.75) is 102 Å². The van der Waals surface area contributed by atoms with Gasteiger partial charge in [-0.15, -0.1) is 0 Å². The summed E-state index contributed by atoms with van der Waals surface area (Å²) in [5.74, 6) is -0.162. The number of fused-ring (bicyclic) bond motifs is 2. The van der Waals surface area contributed by atoms with Gasteiger partial charge in [0.1, 0.15) is 11.6 Å². The summed E-state index contributed by atoms with van der Waals surface area (Å²) in [6.45, 7) is 6.93. The zero-order valence-corrected chi connectivity index (χ0v) is 36.0. The van der Waals surface area contributed by atoms with Crippen LogP contribution >= 0.6 is 0 Å². The van der Waals surface area contributed by atoms with Crippen LogP contribution in [0.2, 0.25) is 0 Å². The van der Waals surface area contributed by atoms with E-state index in [1.54, 1.807) is 0 Å². The van der Waals surface area contributed by atoms with Gasteiger partial charge in [0.15, 0.2) is 0 Å². The first-order valence-electron chi connectivity index (χ1n) is 23.2. The molecule has 2 aliphatic rings. The molecule has 326 valence electrons. The van der Waals surface area contributed by atoms with Crippen molar-refractivity contribution in [2.24, 2.45) is 0 Å². The maximum atomic E-state index is 13.3. The molecule has 0 radical (unpaired) electrons. The van der Waals surface area contributed by atoms with Crippen LogP contribution in [-0.2, 0) is 0 Å². The maximum absolute atomic E-state index is 13.3. The summed E-state index contributed by atoms with van der Waals surface area (Å²) in [5.41, 5.74) is 7.22. The summed E-state index contributed by atoms with van der Waals surface area (Å²) in [6, 6.07) is 23.3. The lowest BCUT2D eigenvalue weighted by atomic mass is 9.89. The maximum Gasteiger partial charge on any atom is 0.255 e. The summed E-state index contributed by atoms with van der Waals surface area (Å²) < 4.78 is 26.6. The summed E-state index contributed by atoms with van der Waals surface area (Å²) in [7, 11) is 0. The number of nitrogens with zero attached hydrogens (tertiary/aromatic N) is 2. The number of nitrogens with one attached hydrogen (secondary N) is 4. The molecule has 8 nitrogen and oxygen atoms in total. The number of benzene rings is 4. The van der Waals surface area contributed by atoms with E-state index >= 15 is 0 Å². The Morgan fingerprint density at radius 2 is 0.855 bits per heavy atom. The molecule has 2 amide bonds. The van der Waals surface area contributed by atoms with E-state index in [1.807, 2.05) is 24.3 Å². The molecule has 0 spiro atoms. The molecule has 4 N–H and O–H groups in total. The van der Waals surface area contributed by atoms with Crippen molar-refractivity contribution in [3.05, 3.63) is 131 Å². The normalized spacial score (nSPS) is 15.7. The van der Waals surface area contributed by atoms with Crippen molar-refractivity contribution >= 4 is 45.0 Å². The Morgan fingerprint density at radius 1 is 0.500 bits per heavy atom.